The van der Waals surface area contributed by atoms with Gasteiger partial charge < -0.3 is 14.8 Å². The molecule has 14 atom stereocenters. The third-order valence-electron chi connectivity index (χ3n) is 26.0. The van der Waals surface area contributed by atoms with Crippen LogP contribution in [0.25, 0.3) is 0 Å². The van der Waals surface area contributed by atoms with Crippen LogP contribution in [0.5, 0.6) is 0 Å². The summed E-state index contributed by atoms with van der Waals surface area (Å²) < 4.78 is 11.4. The van der Waals surface area contributed by atoms with Crippen molar-refractivity contribution in [1.29, 1.82) is 0 Å². The van der Waals surface area contributed by atoms with Crippen LogP contribution in [0.15, 0.2) is 343 Å². The summed E-state index contributed by atoms with van der Waals surface area (Å²) in [6, 6.07) is 62.0. The van der Waals surface area contributed by atoms with E-state index in [0.29, 0.717) is 12.3 Å². The fraction of sp³-hybridized carbons (Fsp3) is 0.327. The fourth-order valence-electron chi connectivity index (χ4n) is 19.5. The Morgan fingerprint density at radius 2 is 0.389 bits per heavy atom. The zero-order valence-electron chi connectivity index (χ0n) is 72.2. The van der Waals surface area contributed by atoms with Crippen molar-refractivity contribution in [1.82, 2.24) is 75.1 Å². The van der Waals surface area contributed by atoms with E-state index >= 15 is 0 Å². The van der Waals surface area contributed by atoms with Gasteiger partial charge in [0, 0.05) is 193 Å². The van der Waals surface area contributed by atoms with Crippen LogP contribution in [0.1, 0.15) is 270 Å². The Kier molecular flexibility index (Phi) is 34.2. The maximum absolute atomic E-state index is 13.6. The van der Waals surface area contributed by atoms with E-state index in [9.17, 15) is 9.59 Å². The zero-order valence-corrected chi connectivity index (χ0v) is 72.2. The fourth-order valence-corrected chi connectivity index (χ4v) is 19.5. The highest BCUT2D eigenvalue weighted by atomic mass is 16.6. The molecule has 19 nitrogen and oxygen atoms in total. The molecule has 642 valence electrons. The quantitative estimate of drug-likeness (QED) is 0.0275. The van der Waals surface area contributed by atoms with Gasteiger partial charge in [-0.3, -0.25) is 79.4 Å². The van der Waals surface area contributed by atoms with Crippen molar-refractivity contribution in [3.63, 3.8) is 0 Å². The first-order chi connectivity index (χ1) is 62.2. The third kappa shape index (κ3) is 27.0. The molecule has 0 aliphatic carbocycles. The number of nitrogens with one attached hydrogen (secondary N) is 1. The van der Waals surface area contributed by atoms with Gasteiger partial charge in [-0.05, 0) is 420 Å². The van der Waals surface area contributed by atoms with Crippen molar-refractivity contribution in [2.75, 3.05) is 26.9 Å². The second kappa shape index (κ2) is 48.3. The lowest BCUT2D eigenvalue weighted by Crippen LogP contribution is -2.20. The molecule has 0 saturated heterocycles. The molecule has 14 rings (SSSR count). The molecule has 14 unspecified atom stereocenters. The number of ether oxygens (including phenoxy) is 2. The first-order valence-corrected chi connectivity index (χ1v) is 44.7. The van der Waals surface area contributed by atoms with Gasteiger partial charge in [0.25, 0.3) is 0 Å². The number of hydrogen-bond donors (Lipinski definition) is 1. The summed E-state index contributed by atoms with van der Waals surface area (Å²) in [4.78, 5) is 89.9. The second-order valence-electron chi connectivity index (χ2n) is 33.7. The molecule has 1 N–H and O–H groups in total. The molecular weight excluding hydrogens is 1560 g/mol. The summed E-state index contributed by atoms with van der Waals surface area (Å²) in [5, 5.41) is 2.61. The number of amides is 1. The van der Waals surface area contributed by atoms with Gasteiger partial charge in [-0.15, -0.1) is 0 Å². The van der Waals surface area contributed by atoms with E-state index in [2.05, 4.69) is 247 Å². The number of pyridine rings is 14. The van der Waals surface area contributed by atoms with Crippen molar-refractivity contribution in [3.8, 4) is 0 Å². The molecule has 0 radical (unpaired) electrons. The SMILES string of the molecule is CNC(=O)CCOCCOC(=O)CCC(CC(CC(CC(CC(CC(CC(CC(CC(CC(CC(CC(CC(CC(C)c1ccncc1)c1ccncc1)c1ccncc1)c1ccncc1)c1ccncc1)c1ccncc1)c1ccncc1)c1ccncc1)c1ccncc1)c1ccncc1)c1ccncc1)c1ccncc1)c1ccncc1)c1ccncc1. The predicted molar refractivity (Wildman–Crippen MR) is 493 cm³/mol. The van der Waals surface area contributed by atoms with Gasteiger partial charge in [0.05, 0.1) is 13.2 Å². The van der Waals surface area contributed by atoms with Crippen LogP contribution in [-0.2, 0) is 19.1 Å². The number of nitrogens with zero attached hydrogens (tertiary/aromatic N) is 14. The van der Waals surface area contributed by atoms with Crippen LogP contribution < -0.4 is 5.32 Å². The minimum atomic E-state index is -0.292. The molecule has 0 aliphatic rings. The van der Waals surface area contributed by atoms with Crippen LogP contribution in [0.3, 0.4) is 0 Å². The lowest BCUT2D eigenvalue weighted by molar-refractivity contribution is -0.145. The lowest BCUT2D eigenvalue weighted by Gasteiger charge is -2.35. The van der Waals surface area contributed by atoms with Gasteiger partial charge in [-0.25, -0.2) is 0 Å². The number of hydrogen-bond acceptors (Lipinski definition) is 18. The number of carbonyl (C=O) groups excluding carboxylic acids is 2. The average molecular weight is 1680 g/mol. The largest absolute Gasteiger partial charge is 0.463 e. The Bertz CT molecular complexity index is 5330. The first-order valence-electron chi connectivity index (χ1n) is 44.7. The van der Waals surface area contributed by atoms with Crippen LogP contribution in [0, 0.1) is 0 Å². The predicted octanol–water partition coefficient (Wildman–Crippen LogP) is 22.1. The smallest absolute Gasteiger partial charge is 0.305 e. The van der Waals surface area contributed by atoms with Crippen molar-refractivity contribution in [2.45, 2.75) is 193 Å². The molecule has 0 aliphatic heterocycles. The van der Waals surface area contributed by atoms with Gasteiger partial charge in [0.15, 0.2) is 0 Å². The van der Waals surface area contributed by atoms with Gasteiger partial charge in [-0.1, -0.05) is 6.92 Å². The number of rotatable bonds is 49. The summed E-state index contributed by atoms with van der Waals surface area (Å²) in [6.07, 6.45) is 66.6. The Morgan fingerprint density at radius 1 is 0.222 bits per heavy atom. The van der Waals surface area contributed by atoms with Crippen molar-refractivity contribution in [3.05, 3.63) is 421 Å². The van der Waals surface area contributed by atoms with Crippen LogP contribution in [-0.4, -0.2) is 109 Å². The highest BCUT2D eigenvalue weighted by Crippen LogP contribution is 2.52. The molecule has 0 bridgehead atoms. The van der Waals surface area contributed by atoms with E-state index < -0.39 is 0 Å². The molecule has 14 aromatic heterocycles. The van der Waals surface area contributed by atoms with E-state index in [1.807, 2.05) is 174 Å². The first kappa shape index (κ1) is 89.3. The molecule has 0 spiro atoms. The monoisotopic (exact) mass is 1670 g/mol. The maximum Gasteiger partial charge on any atom is 0.305 e. The summed E-state index contributed by atoms with van der Waals surface area (Å²) in [5.74, 6) is 0.982. The highest BCUT2D eigenvalue weighted by Gasteiger charge is 2.36. The van der Waals surface area contributed by atoms with Crippen molar-refractivity contribution >= 4 is 11.9 Å². The van der Waals surface area contributed by atoms with Crippen LogP contribution in [0.2, 0.25) is 0 Å². The second-order valence-corrected chi connectivity index (χ2v) is 33.7. The normalized spacial score (nSPS) is 14.8. The van der Waals surface area contributed by atoms with E-state index in [0.717, 1.165) is 89.0 Å². The van der Waals surface area contributed by atoms with Crippen molar-refractivity contribution in [2.24, 2.45) is 0 Å². The molecular formula is C107H115N15O4. The Hall–Kier alpha value is -13.0. The summed E-state index contributed by atoms with van der Waals surface area (Å²) in [7, 11) is 1.60. The summed E-state index contributed by atoms with van der Waals surface area (Å²) in [6.45, 7) is 2.91. The molecule has 19 heteroatoms. The van der Waals surface area contributed by atoms with E-state index in [-0.39, 0.29) is 121 Å². The molecule has 14 aromatic rings. The molecule has 126 heavy (non-hydrogen) atoms. The lowest BCUT2D eigenvalue weighted by atomic mass is 9.70. The van der Waals surface area contributed by atoms with Crippen LogP contribution >= 0.6 is 0 Å². The molecule has 1 amide bonds. The van der Waals surface area contributed by atoms with E-state index in [1.54, 1.807) is 7.05 Å². The van der Waals surface area contributed by atoms with Crippen LogP contribution in [0.4, 0.5) is 0 Å². The Morgan fingerprint density at radius 3 is 0.579 bits per heavy atom. The highest BCUT2D eigenvalue weighted by molar-refractivity contribution is 5.75. The van der Waals surface area contributed by atoms with Gasteiger partial charge in [0.2, 0.25) is 5.91 Å². The van der Waals surface area contributed by atoms with E-state index in [4.69, 9.17) is 14.5 Å². The number of esters is 1. The minimum absolute atomic E-state index is 0.0196. The number of aromatic nitrogens is 14. The Balaban J connectivity index is 0.780. The third-order valence-corrected chi connectivity index (χ3v) is 26.0. The zero-order chi connectivity index (χ0) is 86.4. The standard InChI is InChI=1S/C107H115N15O4/c1-78(79-5-34-109-35-6-79)65-94(81-9-38-111-39-10-81)67-96(83-13-42-113-43-14-83)69-98(85-17-46-115-47-18-85)71-100(87-21-50-117-51-22-87)73-102(89-25-54-119-55-26-89)75-104(91-29-58-121-59-30-91)77-105(92-31-60-122-61-32-92)76-103(90-27-56-120-57-28-90)74-101(88-23-52-118-53-24-88)72-99(86-19-48-116-49-20-86)70-97(84-15-44-114-45-16-84)68-95(82-11-40-112-41-12-82)66-93(80-7-36-110-37-8-80)3-4-107(124)126-64-63-125-62-33-106(123)108-2/h5-32,34-61,78,93-105H,3-4,33,62-77H2,1-2H3,(H,108,123). The molecule has 14 heterocycles. The van der Waals surface area contributed by atoms with Gasteiger partial charge in [0.1, 0.15) is 6.61 Å². The molecule has 0 aromatic carbocycles. The average Bonchev–Trinajstić information content (AvgIpc) is 0.803. The molecule has 0 fully saturated rings. The van der Waals surface area contributed by atoms with Gasteiger partial charge >= 0.3 is 5.97 Å². The number of carbonyl (C=O) groups is 2. The summed E-state index contributed by atoms with van der Waals surface area (Å²) >= 11 is 0. The molecule has 0 saturated carbocycles. The van der Waals surface area contributed by atoms with E-state index in [1.165, 1.54) is 72.3 Å². The van der Waals surface area contributed by atoms with Crippen molar-refractivity contribution < 1.29 is 19.1 Å². The summed E-state index contributed by atoms with van der Waals surface area (Å²) in [5.41, 5.74) is 17.4. The van der Waals surface area contributed by atoms with Gasteiger partial charge in [-0.2, -0.15) is 0 Å². The topological polar surface area (TPSA) is 245 Å². The minimum Gasteiger partial charge on any atom is -0.463 e. The Labute approximate surface area is 742 Å². The maximum atomic E-state index is 13.6.